The van der Waals surface area contributed by atoms with Crippen LogP contribution in [0.2, 0.25) is 0 Å². The van der Waals surface area contributed by atoms with Gasteiger partial charge in [-0.2, -0.15) is 13.2 Å². The second-order valence-corrected chi connectivity index (χ2v) is 12.0. The summed E-state index contributed by atoms with van der Waals surface area (Å²) < 4.78 is 55.1. The Balaban J connectivity index is 1.33. The van der Waals surface area contributed by atoms with Crippen molar-refractivity contribution in [3.05, 3.63) is 65.7 Å². The lowest BCUT2D eigenvalue weighted by Gasteiger charge is -2.50. The van der Waals surface area contributed by atoms with Crippen LogP contribution in [0.4, 0.5) is 13.2 Å². The van der Waals surface area contributed by atoms with E-state index < -0.39 is 23.1 Å². The number of likely N-dealkylation sites (tertiary alicyclic amines) is 1. The molecule has 43 heavy (non-hydrogen) atoms. The highest BCUT2D eigenvalue weighted by molar-refractivity contribution is 5.88. The first-order valence-electron chi connectivity index (χ1n) is 15.0. The number of nitrogens with one attached hydrogen (secondary N) is 1. The fraction of sp³-hybridized carbons (Fsp3) is 0.562. The van der Waals surface area contributed by atoms with E-state index in [0.717, 1.165) is 51.1 Å². The van der Waals surface area contributed by atoms with Gasteiger partial charge in [-0.05, 0) is 36.9 Å². The fourth-order valence-corrected chi connectivity index (χ4v) is 6.94. The third kappa shape index (κ3) is 6.25. The molecule has 0 saturated carbocycles. The van der Waals surface area contributed by atoms with Crippen molar-refractivity contribution in [2.75, 3.05) is 73.1 Å². The van der Waals surface area contributed by atoms with Crippen LogP contribution in [0.1, 0.15) is 36.3 Å². The van der Waals surface area contributed by atoms with Gasteiger partial charge in [-0.15, -0.1) is 0 Å². The lowest BCUT2D eigenvalue weighted by Crippen LogP contribution is -2.60. The predicted octanol–water partition coefficient (Wildman–Crippen LogP) is 3.63. The fourth-order valence-electron chi connectivity index (χ4n) is 6.94. The van der Waals surface area contributed by atoms with E-state index in [-0.39, 0.29) is 36.9 Å². The maximum atomic E-state index is 14.6. The molecule has 8 nitrogen and oxygen atoms in total. The summed E-state index contributed by atoms with van der Waals surface area (Å²) in [7, 11) is 3.04. The van der Waals surface area contributed by atoms with Crippen LogP contribution < -0.4 is 10.1 Å². The Morgan fingerprint density at radius 2 is 1.63 bits per heavy atom. The summed E-state index contributed by atoms with van der Waals surface area (Å²) in [6.45, 7) is 5.97. The zero-order valence-electron chi connectivity index (χ0n) is 24.9. The third-order valence-corrected chi connectivity index (χ3v) is 9.54. The van der Waals surface area contributed by atoms with Crippen molar-refractivity contribution in [3.63, 3.8) is 0 Å². The number of piperazine rings is 1. The molecule has 234 valence electrons. The second-order valence-electron chi connectivity index (χ2n) is 12.0. The highest BCUT2D eigenvalue weighted by Crippen LogP contribution is 2.52. The van der Waals surface area contributed by atoms with Crippen molar-refractivity contribution in [1.82, 2.24) is 20.0 Å². The van der Waals surface area contributed by atoms with E-state index in [1.165, 1.54) is 29.2 Å². The monoisotopic (exact) mass is 602 g/mol. The van der Waals surface area contributed by atoms with Gasteiger partial charge in [0.05, 0.1) is 0 Å². The lowest BCUT2D eigenvalue weighted by molar-refractivity contribution is -0.271. The van der Waals surface area contributed by atoms with Gasteiger partial charge in [0.1, 0.15) is 12.4 Å². The molecule has 3 aliphatic rings. The number of ether oxygens (including phenoxy) is 2. The van der Waals surface area contributed by atoms with E-state index in [0.29, 0.717) is 26.0 Å². The molecule has 0 aromatic heterocycles. The number of nitrogens with zero attached hydrogens (tertiary/aromatic N) is 3. The summed E-state index contributed by atoms with van der Waals surface area (Å²) in [6.07, 6.45) is -3.95. The van der Waals surface area contributed by atoms with Crippen LogP contribution in [0.3, 0.4) is 0 Å². The van der Waals surface area contributed by atoms with Crippen LogP contribution in [-0.4, -0.2) is 106 Å². The quantitative estimate of drug-likeness (QED) is 0.498. The first-order valence-corrected chi connectivity index (χ1v) is 15.0. The Morgan fingerprint density at radius 1 is 0.977 bits per heavy atom. The zero-order valence-corrected chi connectivity index (χ0v) is 24.9. The van der Waals surface area contributed by atoms with Gasteiger partial charge in [0.2, 0.25) is 5.91 Å². The summed E-state index contributed by atoms with van der Waals surface area (Å²) in [6, 6.07) is 14.9. The van der Waals surface area contributed by atoms with E-state index in [1.807, 2.05) is 24.3 Å². The summed E-state index contributed by atoms with van der Waals surface area (Å²) >= 11 is 0. The number of benzene rings is 2. The molecular formula is C32H41F3N4O4. The Bertz CT molecular complexity index is 1260. The first-order chi connectivity index (χ1) is 20.6. The van der Waals surface area contributed by atoms with Crippen molar-refractivity contribution >= 4 is 11.8 Å². The maximum absolute atomic E-state index is 14.6. The smallest absolute Gasteiger partial charge is 0.430 e. The minimum atomic E-state index is -4.97. The molecule has 5 rings (SSSR count). The van der Waals surface area contributed by atoms with E-state index >= 15 is 0 Å². The van der Waals surface area contributed by atoms with Gasteiger partial charge in [-0.1, -0.05) is 48.5 Å². The summed E-state index contributed by atoms with van der Waals surface area (Å²) in [4.78, 5) is 32.3. The van der Waals surface area contributed by atoms with Crippen molar-refractivity contribution in [2.45, 2.75) is 37.0 Å². The number of carbonyl (C=O) groups excluding carboxylic acids is 2. The van der Waals surface area contributed by atoms with E-state index in [2.05, 4.69) is 22.2 Å². The summed E-state index contributed by atoms with van der Waals surface area (Å²) in [5.41, 5.74) is -2.90. The van der Waals surface area contributed by atoms with Gasteiger partial charge in [0.15, 0.2) is 0 Å². The van der Waals surface area contributed by atoms with Gasteiger partial charge in [0.25, 0.3) is 11.5 Å². The summed E-state index contributed by atoms with van der Waals surface area (Å²) in [5.74, 6) is -0.565. The molecule has 0 aliphatic carbocycles. The van der Waals surface area contributed by atoms with Gasteiger partial charge in [0, 0.05) is 77.4 Å². The number of halogens is 3. The van der Waals surface area contributed by atoms with E-state index in [1.54, 1.807) is 6.07 Å². The Labute approximate surface area is 251 Å². The number of methoxy groups -OCH3 is 1. The molecule has 0 bridgehead atoms. The molecule has 2 aromatic carbocycles. The number of amides is 2. The Morgan fingerprint density at radius 3 is 2.28 bits per heavy atom. The first kappa shape index (κ1) is 31.3. The number of piperidine rings is 2. The van der Waals surface area contributed by atoms with Crippen molar-refractivity contribution in [2.24, 2.45) is 5.41 Å². The zero-order chi connectivity index (χ0) is 30.7. The lowest BCUT2D eigenvalue weighted by atomic mass is 9.62. The molecule has 3 aliphatic heterocycles. The van der Waals surface area contributed by atoms with E-state index in [9.17, 15) is 22.8 Å². The number of hydrogen-bond acceptors (Lipinski definition) is 6. The molecule has 3 fully saturated rings. The average molecular weight is 603 g/mol. The van der Waals surface area contributed by atoms with Crippen molar-refractivity contribution in [3.8, 4) is 5.75 Å². The molecule has 1 unspecified atom stereocenters. The number of carbonyl (C=O) groups is 2. The minimum Gasteiger partial charge on any atom is -0.492 e. The molecule has 1 N–H and O–H groups in total. The number of para-hydroxylation sites is 1. The average Bonchev–Trinajstić information content (AvgIpc) is 2.99. The van der Waals surface area contributed by atoms with Crippen LogP contribution >= 0.6 is 0 Å². The summed E-state index contributed by atoms with van der Waals surface area (Å²) in [5, 5.41) is 2.99. The normalized spacial score (nSPS) is 23.0. The van der Waals surface area contributed by atoms with E-state index in [4.69, 9.17) is 9.47 Å². The highest BCUT2D eigenvalue weighted by Gasteiger charge is 2.64. The molecule has 2 amide bonds. The second kappa shape index (κ2) is 12.8. The topological polar surface area (TPSA) is 74.3 Å². The highest BCUT2D eigenvalue weighted by atomic mass is 19.4. The van der Waals surface area contributed by atoms with Gasteiger partial charge >= 0.3 is 6.18 Å². The molecule has 3 heterocycles. The number of rotatable bonds is 8. The molecule has 2 atom stereocenters. The van der Waals surface area contributed by atoms with Crippen LogP contribution in [0, 0.1) is 5.41 Å². The Kier molecular flexibility index (Phi) is 9.34. The number of hydrogen-bond donors (Lipinski definition) is 1. The van der Waals surface area contributed by atoms with Crippen molar-refractivity contribution in [1.29, 1.82) is 0 Å². The number of alkyl halides is 3. The van der Waals surface area contributed by atoms with Crippen LogP contribution in [-0.2, 0) is 19.9 Å². The van der Waals surface area contributed by atoms with Crippen molar-refractivity contribution < 1.29 is 32.2 Å². The SMILES string of the molecule is CO[C@@](C(=O)N1CCC2(CC1)CC(=O)NCC2c1ccccc1OCCN1CCN(C)CC1)(c1ccccc1)C(F)(F)F. The molecule has 11 heteroatoms. The van der Waals surface area contributed by atoms with Crippen LogP contribution in [0.25, 0.3) is 0 Å². The minimum absolute atomic E-state index is 0.0864. The molecule has 2 aromatic rings. The largest absolute Gasteiger partial charge is 0.492 e. The maximum Gasteiger partial charge on any atom is 0.430 e. The third-order valence-electron chi connectivity index (χ3n) is 9.54. The standard InChI is InChI=1S/C32H41F3N4O4/c1-37-16-18-38(19-17-37)20-21-43-27-11-7-6-10-25(27)26-23-36-28(40)22-30(26)12-14-39(15-13-30)29(41)31(42-2,32(33,34)35)24-8-4-3-5-9-24/h3-11,26H,12-23H2,1-2H3,(H,36,40)/t26?,31-/m1/s1. The van der Waals surface area contributed by atoms with Gasteiger partial charge < -0.3 is 24.6 Å². The Hall–Kier alpha value is -3.15. The molecule has 3 saturated heterocycles. The predicted molar refractivity (Wildman–Crippen MR) is 156 cm³/mol. The molecular weight excluding hydrogens is 561 g/mol. The molecule has 0 radical (unpaired) electrons. The van der Waals surface area contributed by atoms with Gasteiger partial charge in [-0.3, -0.25) is 14.5 Å². The van der Waals surface area contributed by atoms with Gasteiger partial charge in [-0.25, -0.2) is 0 Å². The van der Waals surface area contributed by atoms with Crippen LogP contribution in [0.5, 0.6) is 5.75 Å². The van der Waals surface area contributed by atoms with Crippen LogP contribution in [0.15, 0.2) is 54.6 Å². The number of likely N-dealkylation sites (N-methyl/N-ethyl adjacent to an activating group) is 1. The molecule has 1 spiro atoms.